The van der Waals surface area contributed by atoms with Crippen molar-refractivity contribution >= 4 is 59.3 Å². The number of hydrogen-bond donors (Lipinski definition) is 10. The lowest BCUT2D eigenvalue weighted by molar-refractivity contribution is -0.144. The van der Waals surface area contributed by atoms with Gasteiger partial charge in [-0.15, -0.1) is 0 Å². The summed E-state index contributed by atoms with van der Waals surface area (Å²) in [5.41, 5.74) is 4.94. The number of primary amides is 1. The number of nitrogens with one attached hydrogen (secondary N) is 5. The first-order valence-corrected chi connectivity index (χ1v) is 23.9. The fourth-order valence-corrected chi connectivity index (χ4v) is 6.53. The molecule has 0 aliphatic carbocycles. The average Bonchev–Trinajstić information content (AvgIpc) is 3.28. The monoisotopic (exact) mass is 991 g/mol. The summed E-state index contributed by atoms with van der Waals surface area (Å²) in [7, 11) is 0. The fourth-order valence-electron chi connectivity index (χ4n) is 6.53. The molecule has 24 heteroatoms. The van der Waals surface area contributed by atoms with E-state index in [2.05, 4.69) is 26.6 Å². The molecule has 0 rings (SSSR count). The molecule has 6 amide bonds. The molecule has 11 N–H and O–H groups in total. The molecular weight excluding hydrogens is 913 g/mol. The zero-order chi connectivity index (χ0) is 51.5. The maximum atomic E-state index is 12.4. The number of carbonyl (C=O) groups is 10. The van der Waals surface area contributed by atoms with Crippen LogP contribution in [0.2, 0.25) is 0 Å². The van der Waals surface area contributed by atoms with Crippen LogP contribution in [-0.2, 0) is 66.9 Å². The molecule has 0 aliphatic rings. The Labute approximate surface area is 403 Å². The molecule has 0 spiro atoms. The summed E-state index contributed by atoms with van der Waals surface area (Å²) in [6.45, 7) is -0.175. The summed E-state index contributed by atoms with van der Waals surface area (Å²) in [5, 5.41) is 49.2. The van der Waals surface area contributed by atoms with E-state index < -0.39 is 84.6 Å². The Hall–Kier alpha value is -5.46. The summed E-state index contributed by atoms with van der Waals surface area (Å²) < 4.78 is 20.6. The van der Waals surface area contributed by atoms with Gasteiger partial charge in [-0.3, -0.25) is 33.6 Å². The van der Waals surface area contributed by atoms with Crippen molar-refractivity contribution in [3.8, 4) is 0 Å². The molecule has 396 valence electrons. The molecule has 0 fully saturated rings. The smallest absolute Gasteiger partial charge is 0.326 e. The molecule has 24 nitrogen and oxygen atoms in total. The highest BCUT2D eigenvalue weighted by Gasteiger charge is 2.25. The second kappa shape index (κ2) is 42.6. The molecule has 0 saturated carbocycles. The lowest BCUT2D eigenvalue weighted by atomic mass is 10.0. The van der Waals surface area contributed by atoms with Crippen molar-refractivity contribution in [2.24, 2.45) is 5.73 Å². The molecule has 3 atom stereocenters. The van der Waals surface area contributed by atoms with Gasteiger partial charge in [-0.2, -0.15) is 0 Å². The molecule has 0 saturated heterocycles. The lowest BCUT2D eigenvalue weighted by Gasteiger charge is -2.17. The maximum Gasteiger partial charge on any atom is 0.326 e. The summed E-state index contributed by atoms with van der Waals surface area (Å²) in [6, 6.07) is -4.14. The Balaban J connectivity index is 4.10. The van der Waals surface area contributed by atoms with Gasteiger partial charge in [0.1, 0.15) is 31.3 Å². The van der Waals surface area contributed by atoms with Gasteiger partial charge in [0.25, 0.3) is 0 Å². The third-order valence-corrected chi connectivity index (χ3v) is 10.3. The topological polar surface area (TPSA) is 375 Å². The number of aliphatic carboxylic acids is 4. The van der Waals surface area contributed by atoms with Crippen LogP contribution in [0.3, 0.4) is 0 Å². The normalized spacial score (nSPS) is 12.2. The van der Waals surface area contributed by atoms with E-state index in [9.17, 15) is 63.3 Å². The van der Waals surface area contributed by atoms with E-state index in [1.807, 2.05) is 0 Å². The second-order valence-electron chi connectivity index (χ2n) is 16.3. The largest absolute Gasteiger partial charge is 0.481 e. The van der Waals surface area contributed by atoms with Crippen LogP contribution in [0, 0.1) is 0 Å². The van der Waals surface area contributed by atoms with Gasteiger partial charge in [-0.05, 0) is 32.1 Å². The van der Waals surface area contributed by atoms with Gasteiger partial charge in [0, 0.05) is 45.2 Å². The summed E-state index contributed by atoms with van der Waals surface area (Å²) >= 11 is 0. The van der Waals surface area contributed by atoms with E-state index in [-0.39, 0.29) is 110 Å². The van der Waals surface area contributed by atoms with Crippen molar-refractivity contribution in [3.63, 3.8) is 0 Å². The number of ether oxygens (including phenoxy) is 4. The number of nitrogens with two attached hydrogens (primary N) is 1. The van der Waals surface area contributed by atoms with Crippen molar-refractivity contribution in [2.45, 2.75) is 159 Å². The van der Waals surface area contributed by atoms with Crippen LogP contribution in [0.4, 0.5) is 0 Å². The van der Waals surface area contributed by atoms with Gasteiger partial charge in [0.05, 0.1) is 39.6 Å². The number of hydrogen-bond acceptors (Lipinski definition) is 14. The predicted molar refractivity (Wildman–Crippen MR) is 246 cm³/mol. The molecule has 0 heterocycles. The zero-order valence-corrected chi connectivity index (χ0v) is 39.9. The van der Waals surface area contributed by atoms with Gasteiger partial charge < -0.3 is 71.7 Å². The molecule has 0 aliphatic heterocycles. The predicted octanol–water partition coefficient (Wildman–Crippen LogP) is 1.15. The van der Waals surface area contributed by atoms with Gasteiger partial charge >= 0.3 is 23.9 Å². The number of unbranched alkanes of at least 4 members (excludes halogenated alkanes) is 13. The van der Waals surface area contributed by atoms with E-state index in [4.69, 9.17) is 29.8 Å². The lowest BCUT2D eigenvalue weighted by Crippen LogP contribution is -2.45. The Morgan fingerprint density at radius 1 is 0.362 bits per heavy atom. The Morgan fingerprint density at radius 3 is 1.06 bits per heavy atom. The van der Waals surface area contributed by atoms with Gasteiger partial charge in [0.15, 0.2) is 0 Å². The maximum absolute atomic E-state index is 12.4. The zero-order valence-electron chi connectivity index (χ0n) is 39.9. The fraction of sp³-hybridized carbons (Fsp3) is 0.778. The SMILES string of the molecule is NC(=O)COCCOCCNC(=O)CC[C@H](NC(=O)CC[C@H](NC(=O)COCCOCCNC(=O)CC[C@H](NC(=O)CCCCCCCCCCCCCCCCC(=O)O)C(=O)O)C(=O)O)C(=O)O. The minimum Gasteiger partial charge on any atom is -0.481 e. The van der Waals surface area contributed by atoms with Crippen molar-refractivity contribution in [2.75, 3.05) is 65.9 Å². The molecular formula is C45H78N6O18. The number of rotatable bonds is 48. The van der Waals surface area contributed by atoms with Crippen LogP contribution in [0.15, 0.2) is 0 Å². The van der Waals surface area contributed by atoms with E-state index in [0.717, 1.165) is 51.4 Å². The number of amides is 6. The number of carboxylic acid groups (broad SMARTS) is 4. The molecule has 0 aromatic rings. The average molecular weight is 991 g/mol. The van der Waals surface area contributed by atoms with Crippen LogP contribution >= 0.6 is 0 Å². The first-order chi connectivity index (χ1) is 33.0. The van der Waals surface area contributed by atoms with E-state index in [1.54, 1.807) is 0 Å². The highest BCUT2D eigenvalue weighted by molar-refractivity contribution is 5.87. The quantitative estimate of drug-likeness (QED) is 0.0382. The third-order valence-electron chi connectivity index (χ3n) is 10.3. The van der Waals surface area contributed by atoms with Crippen molar-refractivity contribution in [3.05, 3.63) is 0 Å². The van der Waals surface area contributed by atoms with E-state index in [1.165, 1.54) is 32.1 Å². The highest BCUT2D eigenvalue weighted by atomic mass is 16.5. The van der Waals surface area contributed by atoms with Crippen molar-refractivity contribution in [1.29, 1.82) is 0 Å². The van der Waals surface area contributed by atoms with Crippen LogP contribution in [0.25, 0.3) is 0 Å². The Kier molecular flexibility index (Phi) is 39.3. The highest BCUT2D eigenvalue weighted by Crippen LogP contribution is 2.14. The summed E-state index contributed by atoms with van der Waals surface area (Å²) in [6.07, 6.45) is 13.5. The van der Waals surface area contributed by atoms with Gasteiger partial charge in [0.2, 0.25) is 35.4 Å². The van der Waals surface area contributed by atoms with Crippen molar-refractivity contribution < 1.29 is 87.3 Å². The number of carbonyl (C=O) groups excluding carboxylic acids is 6. The first kappa shape index (κ1) is 63.5. The molecule has 0 unspecified atom stereocenters. The first-order valence-electron chi connectivity index (χ1n) is 23.9. The minimum atomic E-state index is -1.50. The van der Waals surface area contributed by atoms with Crippen LogP contribution < -0.4 is 32.3 Å². The van der Waals surface area contributed by atoms with Crippen LogP contribution in [-0.4, -0.2) is 164 Å². The van der Waals surface area contributed by atoms with Crippen molar-refractivity contribution in [1.82, 2.24) is 26.6 Å². The molecule has 0 aromatic carbocycles. The van der Waals surface area contributed by atoms with E-state index >= 15 is 0 Å². The summed E-state index contributed by atoms with van der Waals surface area (Å²) in [4.78, 5) is 118. The van der Waals surface area contributed by atoms with E-state index in [0.29, 0.717) is 6.42 Å². The Morgan fingerprint density at radius 2 is 0.681 bits per heavy atom. The third kappa shape index (κ3) is 41.3. The summed E-state index contributed by atoms with van der Waals surface area (Å²) in [5.74, 6) is -8.38. The molecule has 0 bridgehead atoms. The standard InChI is InChI=1S/C45H78N6O18/c46-36(52)31-68-29-27-66-25-23-47-38(54)21-18-34(44(62)63)50-40(56)22-19-35(45(64)65)51-41(57)32-69-30-28-67-26-24-48-37(53)20-17-33(43(60)61)49-39(55)15-13-11-9-7-5-3-1-2-4-6-8-10-12-14-16-42(58)59/h33-35H,1-32H2,(H2,46,52)(H,47,54)(H,48,53)(H,49,55)(H,50,56)(H,51,57)(H,58,59)(H,60,61)(H,62,63)(H,64,65)/t33-,34-,35-/m0/s1. The molecule has 69 heavy (non-hydrogen) atoms. The molecule has 0 radical (unpaired) electrons. The van der Waals surface area contributed by atoms with Crippen LogP contribution in [0.1, 0.15) is 141 Å². The van der Waals surface area contributed by atoms with Crippen LogP contribution in [0.5, 0.6) is 0 Å². The number of carboxylic acids is 4. The minimum absolute atomic E-state index is 0.0120. The Bertz CT molecular complexity index is 1540. The molecule has 0 aromatic heterocycles. The van der Waals surface area contributed by atoms with Gasteiger partial charge in [-0.25, -0.2) is 14.4 Å². The van der Waals surface area contributed by atoms with Gasteiger partial charge in [-0.1, -0.05) is 77.0 Å². The second-order valence-corrected chi connectivity index (χ2v) is 16.3.